The highest BCUT2D eigenvalue weighted by atomic mass is 32.2. The number of carbonyl (C=O) groups excluding carboxylic acids is 3. The van der Waals surface area contributed by atoms with E-state index in [-0.39, 0.29) is 31.7 Å². The minimum absolute atomic E-state index is 0.0209. The number of ether oxygens (including phenoxy) is 1. The summed E-state index contributed by atoms with van der Waals surface area (Å²) in [4.78, 5) is 44.7. The first-order valence-electron chi connectivity index (χ1n) is 12.6. The summed E-state index contributed by atoms with van der Waals surface area (Å²) in [5, 5.41) is 3.59. The normalized spacial score (nSPS) is 17.5. The van der Waals surface area contributed by atoms with Gasteiger partial charge in [0.2, 0.25) is 10.0 Å². The molecule has 1 fully saturated rings. The molecule has 0 radical (unpaired) electrons. The second kappa shape index (κ2) is 11.9. The van der Waals surface area contributed by atoms with E-state index in [2.05, 4.69) is 15.1 Å². The zero-order valence-corrected chi connectivity index (χ0v) is 23.3. The number of amides is 2. The van der Waals surface area contributed by atoms with Gasteiger partial charge in [-0.15, -0.1) is 0 Å². The number of nitrogens with one attached hydrogen (secondary N) is 2. The number of aryl methyl sites for hydroxylation is 1. The minimum atomic E-state index is -5.33. The molecule has 1 aromatic heterocycles. The summed E-state index contributed by atoms with van der Waals surface area (Å²) in [6, 6.07) is 15.7. The lowest BCUT2D eigenvalue weighted by Crippen LogP contribution is -2.53. The Morgan fingerprint density at radius 2 is 1.79 bits per heavy atom. The van der Waals surface area contributed by atoms with Gasteiger partial charge >= 0.3 is 12.1 Å². The first kappa shape index (κ1) is 30.7. The van der Waals surface area contributed by atoms with Gasteiger partial charge in [0.05, 0.1) is 23.7 Å². The van der Waals surface area contributed by atoms with Crippen LogP contribution in [0, 0.1) is 6.92 Å². The summed E-state index contributed by atoms with van der Waals surface area (Å²) in [7, 11) is -3.71. The molecule has 0 saturated carbocycles. The fraction of sp³-hybridized carbons (Fsp3) is 0.333. The molecular weight excluding hydrogens is 581 g/mol. The molecule has 224 valence electrons. The Kier molecular flexibility index (Phi) is 8.73. The highest BCUT2D eigenvalue weighted by Crippen LogP contribution is 2.28. The fourth-order valence-corrected chi connectivity index (χ4v) is 5.51. The number of nitrogens with zero attached hydrogens (tertiary/aromatic N) is 2. The molecule has 1 aliphatic rings. The van der Waals surface area contributed by atoms with Crippen molar-refractivity contribution < 1.29 is 45.5 Å². The summed E-state index contributed by atoms with van der Waals surface area (Å²) in [5.74, 6) is -3.99. The quantitative estimate of drug-likeness (QED) is 0.372. The van der Waals surface area contributed by atoms with Gasteiger partial charge in [-0.25, -0.2) is 13.2 Å². The van der Waals surface area contributed by atoms with Crippen molar-refractivity contribution >= 4 is 38.7 Å². The maximum atomic E-state index is 13.1. The zero-order valence-electron chi connectivity index (χ0n) is 22.5. The number of carbonyl (C=O) groups is 3. The van der Waals surface area contributed by atoms with Gasteiger partial charge in [-0.05, 0) is 49.7 Å². The number of benzene rings is 2. The monoisotopic (exact) mass is 608 g/mol. The molecule has 2 heterocycles. The highest BCUT2D eigenvalue weighted by Gasteiger charge is 2.45. The topological polar surface area (TPSA) is 144 Å². The van der Waals surface area contributed by atoms with E-state index in [0.29, 0.717) is 5.75 Å². The number of fused-ring (bicyclic) bond motifs is 1. The molecule has 0 bridgehead atoms. The van der Waals surface area contributed by atoms with Gasteiger partial charge in [-0.3, -0.25) is 14.6 Å². The SMILES string of the molecule is Cc1cc(COc2ccc(C(=O)NC3(CC(=O)NOC(=O)C(F)(F)F)CCN(S(C)(=O)=O)C3)cc2)c2ccccc2n1. The van der Waals surface area contributed by atoms with Crippen molar-refractivity contribution in [2.75, 3.05) is 19.3 Å². The predicted molar refractivity (Wildman–Crippen MR) is 143 cm³/mol. The molecule has 0 spiro atoms. The average Bonchev–Trinajstić information content (AvgIpc) is 3.34. The fourth-order valence-electron chi connectivity index (χ4n) is 4.60. The number of aromatic nitrogens is 1. The molecule has 1 saturated heterocycles. The Bertz CT molecular complexity index is 1610. The van der Waals surface area contributed by atoms with E-state index in [9.17, 15) is 36.0 Å². The van der Waals surface area contributed by atoms with Crippen LogP contribution in [0.5, 0.6) is 5.75 Å². The van der Waals surface area contributed by atoms with Crippen molar-refractivity contribution in [2.45, 2.75) is 38.1 Å². The van der Waals surface area contributed by atoms with Gasteiger partial charge in [0, 0.05) is 35.3 Å². The molecule has 3 aromatic rings. The van der Waals surface area contributed by atoms with Crippen LogP contribution in [-0.2, 0) is 31.1 Å². The van der Waals surface area contributed by atoms with Crippen molar-refractivity contribution in [2.24, 2.45) is 0 Å². The maximum Gasteiger partial charge on any atom is 0.493 e. The molecule has 2 aromatic carbocycles. The van der Waals surface area contributed by atoms with Gasteiger partial charge in [-0.1, -0.05) is 18.2 Å². The van der Waals surface area contributed by atoms with Gasteiger partial charge in [0.1, 0.15) is 12.4 Å². The lowest BCUT2D eigenvalue weighted by molar-refractivity contribution is -0.207. The molecule has 0 aliphatic carbocycles. The van der Waals surface area contributed by atoms with Crippen LogP contribution in [-0.4, -0.2) is 66.6 Å². The Morgan fingerprint density at radius 3 is 2.43 bits per heavy atom. The first-order valence-corrected chi connectivity index (χ1v) is 14.4. The maximum absolute atomic E-state index is 13.1. The lowest BCUT2D eigenvalue weighted by Gasteiger charge is -2.30. The van der Waals surface area contributed by atoms with Crippen LogP contribution in [0.25, 0.3) is 10.9 Å². The summed E-state index contributed by atoms with van der Waals surface area (Å²) in [5.41, 5.74) is 2.69. The summed E-state index contributed by atoms with van der Waals surface area (Å²) >= 11 is 0. The van der Waals surface area contributed by atoms with Crippen LogP contribution in [0.15, 0.2) is 54.6 Å². The standard InChI is InChI=1S/C27H27F3N4O7S/c1-17-13-19(21-5-3-4-6-22(21)31-17)15-40-20-9-7-18(8-10-20)24(36)32-26(11-12-34(16-26)42(2,38)39)14-23(35)33-41-25(37)27(28,29)30/h3-10,13H,11-12,14-16H2,1-2H3,(H,32,36)(H,33,35). The zero-order chi connectivity index (χ0) is 30.7. The Balaban J connectivity index is 1.44. The van der Waals surface area contributed by atoms with Crippen molar-refractivity contribution in [3.05, 3.63) is 71.4 Å². The second-order valence-corrected chi connectivity index (χ2v) is 11.9. The molecule has 11 nitrogen and oxygen atoms in total. The summed E-state index contributed by atoms with van der Waals surface area (Å²) < 4.78 is 68.3. The van der Waals surface area contributed by atoms with Gasteiger partial charge in [-0.2, -0.15) is 23.0 Å². The van der Waals surface area contributed by atoms with E-state index in [0.717, 1.165) is 32.7 Å². The van der Waals surface area contributed by atoms with Crippen molar-refractivity contribution in [3.8, 4) is 5.75 Å². The van der Waals surface area contributed by atoms with E-state index in [1.165, 1.54) is 17.6 Å². The smallest absolute Gasteiger partial charge is 0.489 e. The third kappa shape index (κ3) is 7.53. The van der Waals surface area contributed by atoms with E-state index < -0.39 is 45.9 Å². The van der Waals surface area contributed by atoms with E-state index in [1.54, 1.807) is 12.1 Å². The summed E-state index contributed by atoms with van der Waals surface area (Å²) in [6.45, 7) is 1.76. The van der Waals surface area contributed by atoms with Crippen LogP contribution in [0.4, 0.5) is 13.2 Å². The minimum Gasteiger partial charge on any atom is -0.489 e. The molecule has 15 heteroatoms. The third-order valence-corrected chi connectivity index (χ3v) is 7.84. The number of sulfonamides is 1. The summed E-state index contributed by atoms with van der Waals surface area (Å²) in [6.07, 6.45) is -5.06. The van der Waals surface area contributed by atoms with Gasteiger partial charge in [0.25, 0.3) is 11.8 Å². The van der Waals surface area contributed by atoms with Crippen molar-refractivity contribution in [1.82, 2.24) is 20.1 Å². The number of halogens is 3. The Hall–Kier alpha value is -4.24. The largest absolute Gasteiger partial charge is 0.493 e. The number of pyridine rings is 1. The van der Waals surface area contributed by atoms with Crippen LogP contribution in [0.3, 0.4) is 0 Å². The number of hydrogen-bond donors (Lipinski definition) is 2. The number of rotatable bonds is 8. The number of para-hydroxylation sites is 1. The van der Waals surface area contributed by atoms with Crippen LogP contribution in [0.1, 0.15) is 34.5 Å². The lowest BCUT2D eigenvalue weighted by atomic mass is 9.93. The van der Waals surface area contributed by atoms with Crippen molar-refractivity contribution in [1.29, 1.82) is 0 Å². The molecule has 2 N–H and O–H groups in total. The van der Waals surface area contributed by atoms with E-state index >= 15 is 0 Å². The number of hydrogen-bond acceptors (Lipinski definition) is 8. The van der Waals surface area contributed by atoms with Crippen molar-refractivity contribution in [3.63, 3.8) is 0 Å². The molecule has 4 rings (SSSR count). The second-order valence-electron chi connectivity index (χ2n) is 9.92. The molecular formula is C27H27F3N4O7S. The van der Waals surface area contributed by atoms with Crippen LogP contribution >= 0.6 is 0 Å². The number of alkyl halides is 3. The molecule has 1 atom stereocenters. The predicted octanol–water partition coefficient (Wildman–Crippen LogP) is 2.78. The van der Waals surface area contributed by atoms with Gasteiger partial charge in [0.15, 0.2) is 0 Å². The van der Waals surface area contributed by atoms with E-state index in [1.807, 2.05) is 37.3 Å². The molecule has 1 unspecified atom stereocenters. The van der Waals surface area contributed by atoms with Crippen LogP contribution in [0.2, 0.25) is 0 Å². The molecule has 2 amide bonds. The Morgan fingerprint density at radius 1 is 1.10 bits per heavy atom. The molecule has 1 aliphatic heterocycles. The average molecular weight is 609 g/mol. The third-order valence-electron chi connectivity index (χ3n) is 6.60. The van der Waals surface area contributed by atoms with E-state index in [4.69, 9.17) is 4.74 Å². The Labute approximate surface area is 239 Å². The van der Waals surface area contributed by atoms with Gasteiger partial charge < -0.3 is 14.9 Å². The van der Waals surface area contributed by atoms with Crippen LogP contribution < -0.4 is 15.5 Å². The molecule has 42 heavy (non-hydrogen) atoms. The number of hydroxylamine groups is 1. The highest BCUT2D eigenvalue weighted by molar-refractivity contribution is 7.88. The first-order chi connectivity index (χ1) is 19.6.